The number of nitro benzene ring substituents is 2. The van der Waals surface area contributed by atoms with E-state index in [2.05, 4.69) is 10.3 Å². The standard InChI is InChI=1S/C24H23N5O11S2/c25-16(22(31)32)10-40-24(35)20(26-18(30)9-15-2-1-7-41-15)21-27-19(23(33)34)13(11-42-21)4-3-12-5-6-14(28(36)37)8-17(12)29(38)39/h1-2,4-8,16,20-21H,3,9-11,25H2,(H,26,30)(H,31,32)(H,33,34)/t16-,20+,21+/m1/s1. The molecule has 0 fully saturated rings. The van der Waals surface area contributed by atoms with Gasteiger partial charge in [-0.2, -0.15) is 0 Å². The summed E-state index contributed by atoms with van der Waals surface area (Å²) >= 11 is 2.27. The van der Waals surface area contributed by atoms with Crippen LogP contribution >= 0.6 is 23.1 Å². The van der Waals surface area contributed by atoms with Gasteiger partial charge in [-0.3, -0.25) is 34.8 Å². The number of thioether (sulfide) groups is 1. The second-order valence-corrected chi connectivity index (χ2v) is 10.8. The Bertz CT molecular complexity index is 1460. The molecular formula is C24H23N5O11S2. The molecule has 0 saturated heterocycles. The van der Waals surface area contributed by atoms with E-state index in [1.807, 2.05) is 0 Å². The molecule has 42 heavy (non-hydrogen) atoms. The number of nitro groups is 2. The smallest absolute Gasteiger partial charge is 0.354 e. The topological polar surface area (TPSA) is 255 Å². The van der Waals surface area contributed by atoms with Crippen LogP contribution in [-0.4, -0.2) is 79.4 Å². The first kappa shape index (κ1) is 31.8. The summed E-state index contributed by atoms with van der Waals surface area (Å²) in [5.74, 6) is -4.62. The van der Waals surface area contributed by atoms with Crippen LogP contribution in [0.2, 0.25) is 0 Å². The number of carboxylic acids is 2. The number of ether oxygens (including phenoxy) is 1. The Hall–Kier alpha value is -4.68. The maximum absolute atomic E-state index is 12.9. The molecule has 0 saturated carbocycles. The van der Waals surface area contributed by atoms with E-state index in [0.717, 1.165) is 23.9 Å². The Morgan fingerprint density at radius 3 is 2.52 bits per heavy atom. The molecule has 1 aromatic heterocycles. The van der Waals surface area contributed by atoms with Crippen LogP contribution in [0.5, 0.6) is 0 Å². The summed E-state index contributed by atoms with van der Waals surface area (Å²) in [6, 6.07) is 3.47. The predicted molar refractivity (Wildman–Crippen MR) is 149 cm³/mol. The van der Waals surface area contributed by atoms with Crippen molar-refractivity contribution < 1.29 is 44.0 Å². The summed E-state index contributed by atoms with van der Waals surface area (Å²) in [7, 11) is 0. The molecule has 2 heterocycles. The molecule has 0 unspecified atom stereocenters. The highest BCUT2D eigenvalue weighted by molar-refractivity contribution is 8.00. The quantitative estimate of drug-likeness (QED) is 0.140. The van der Waals surface area contributed by atoms with Gasteiger partial charge in [-0.25, -0.2) is 9.59 Å². The summed E-state index contributed by atoms with van der Waals surface area (Å²) < 4.78 is 4.99. The summed E-state index contributed by atoms with van der Waals surface area (Å²) in [5, 5.41) is 44.3. The Labute approximate surface area is 244 Å². The fourth-order valence-corrected chi connectivity index (χ4v) is 5.49. The van der Waals surface area contributed by atoms with Gasteiger partial charge in [0.15, 0.2) is 6.04 Å². The second-order valence-electron chi connectivity index (χ2n) is 8.62. The Balaban J connectivity index is 1.88. The second kappa shape index (κ2) is 14.3. The minimum Gasteiger partial charge on any atom is -0.480 e. The first-order valence-corrected chi connectivity index (χ1v) is 13.8. The van der Waals surface area contributed by atoms with Gasteiger partial charge in [0.05, 0.1) is 22.3 Å². The number of hydrogen-bond acceptors (Lipinski definition) is 13. The van der Waals surface area contributed by atoms with Crippen molar-refractivity contribution in [3.63, 3.8) is 0 Å². The van der Waals surface area contributed by atoms with E-state index in [9.17, 15) is 44.5 Å². The lowest BCUT2D eigenvalue weighted by Crippen LogP contribution is -2.50. The van der Waals surface area contributed by atoms with Crippen molar-refractivity contribution in [1.82, 2.24) is 5.32 Å². The zero-order chi connectivity index (χ0) is 31.0. The molecule has 0 radical (unpaired) electrons. The molecule has 1 aromatic carbocycles. The maximum Gasteiger partial charge on any atom is 0.354 e. The van der Waals surface area contributed by atoms with Crippen LogP contribution in [0, 0.1) is 20.2 Å². The monoisotopic (exact) mass is 621 g/mol. The lowest BCUT2D eigenvalue weighted by Gasteiger charge is -2.27. The number of hydrogen-bond donors (Lipinski definition) is 4. The van der Waals surface area contributed by atoms with Crippen molar-refractivity contribution in [1.29, 1.82) is 0 Å². The summed E-state index contributed by atoms with van der Waals surface area (Å²) in [6.07, 6.45) is 1.12. The zero-order valence-electron chi connectivity index (χ0n) is 21.4. The van der Waals surface area contributed by atoms with E-state index in [0.29, 0.717) is 4.88 Å². The van der Waals surface area contributed by atoms with Crippen molar-refractivity contribution in [3.8, 4) is 0 Å². The van der Waals surface area contributed by atoms with Crippen LogP contribution in [0.4, 0.5) is 11.4 Å². The predicted octanol–water partition coefficient (Wildman–Crippen LogP) is 1.31. The highest BCUT2D eigenvalue weighted by atomic mass is 32.2. The number of benzene rings is 1. The normalized spacial score (nSPS) is 17.0. The number of carbonyl (C=O) groups excluding carboxylic acids is 2. The van der Waals surface area contributed by atoms with Gasteiger partial charge in [0.25, 0.3) is 11.4 Å². The van der Waals surface area contributed by atoms with Crippen molar-refractivity contribution in [2.24, 2.45) is 10.7 Å². The van der Waals surface area contributed by atoms with E-state index in [1.54, 1.807) is 17.5 Å². The summed E-state index contributed by atoms with van der Waals surface area (Å²) in [4.78, 5) is 74.4. The molecule has 1 aliphatic heterocycles. The van der Waals surface area contributed by atoms with E-state index in [1.165, 1.54) is 23.5 Å². The molecular weight excluding hydrogens is 598 g/mol. The number of allylic oxidation sites excluding steroid dienone is 1. The average molecular weight is 622 g/mol. The highest BCUT2D eigenvalue weighted by Crippen LogP contribution is 2.29. The lowest BCUT2D eigenvalue weighted by molar-refractivity contribution is -0.394. The third-order valence-corrected chi connectivity index (χ3v) is 7.78. The van der Waals surface area contributed by atoms with Gasteiger partial charge in [0.2, 0.25) is 5.91 Å². The number of carboxylic acid groups (broad SMARTS) is 2. The fraction of sp³-hybridized carbons (Fsp3) is 0.292. The Kier molecular flexibility index (Phi) is 10.8. The van der Waals surface area contributed by atoms with Gasteiger partial charge in [-0.1, -0.05) is 12.1 Å². The van der Waals surface area contributed by atoms with E-state index in [4.69, 9.17) is 15.6 Å². The van der Waals surface area contributed by atoms with Crippen molar-refractivity contribution >= 4 is 64.0 Å². The molecule has 0 aliphatic carbocycles. The van der Waals surface area contributed by atoms with Crippen molar-refractivity contribution in [2.45, 2.75) is 30.3 Å². The first-order chi connectivity index (χ1) is 19.9. The molecule has 0 spiro atoms. The van der Waals surface area contributed by atoms with Gasteiger partial charge in [0, 0.05) is 22.3 Å². The van der Waals surface area contributed by atoms with Crippen LogP contribution < -0.4 is 11.1 Å². The van der Waals surface area contributed by atoms with E-state index < -0.39 is 74.8 Å². The highest BCUT2D eigenvalue weighted by Gasteiger charge is 2.36. The van der Waals surface area contributed by atoms with Crippen molar-refractivity contribution in [2.75, 3.05) is 12.4 Å². The number of aliphatic carboxylic acids is 2. The number of carbonyl (C=O) groups is 4. The molecule has 222 valence electrons. The molecule has 5 N–H and O–H groups in total. The third-order valence-electron chi connectivity index (χ3n) is 5.71. The molecule has 3 atom stereocenters. The number of non-ortho nitro benzene ring substituents is 1. The number of thiophene rings is 1. The number of aliphatic imine (C=N–C) groups is 1. The van der Waals surface area contributed by atoms with Gasteiger partial charge >= 0.3 is 17.9 Å². The van der Waals surface area contributed by atoms with Crippen LogP contribution in [0.25, 0.3) is 0 Å². The lowest BCUT2D eigenvalue weighted by atomic mass is 10.0. The molecule has 18 heteroatoms. The molecule has 1 aliphatic rings. The summed E-state index contributed by atoms with van der Waals surface area (Å²) in [6.45, 7) is -0.711. The number of nitrogens with two attached hydrogens (primary N) is 1. The number of nitrogens with zero attached hydrogens (tertiary/aromatic N) is 3. The molecule has 16 nitrogen and oxygen atoms in total. The Morgan fingerprint density at radius 2 is 1.93 bits per heavy atom. The number of esters is 1. The maximum atomic E-state index is 12.9. The van der Waals surface area contributed by atoms with E-state index in [-0.39, 0.29) is 29.7 Å². The number of rotatable bonds is 13. The zero-order valence-corrected chi connectivity index (χ0v) is 23.0. The van der Waals surface area contributed by atoms with Gasteiger partial charge in [0.1, 0.15) is 23.7 Å². The van der Waals surface area contributed by atoms with Gasteiger partial charge < -0.3 is 26.0 Å². The van der Waals surface area contributed by atoms with Crippen LogP contribution in [0.15, 0.2) is 52.4 Å². The minimum atomic E-state index is -1.54. The molecule has 2 aromatic rings. The fourth-order valence-electron chi connectivity index (χ4n) is 3.63. The summed E-state index contributed by atoms with van der Waals surface area (Å²) in [5.41, 5.74) is 4.16. The largest absolute Gasteiger partial charge is 0.480 e. The number of nitrogens with one attached hydrogen (secondary N) is 1. The van der Waals surface area contributed by atoms with Gasteiger partial charge in [-0.05, 0) is 29.5 Å². The van der Waals surface area contributed by atoms with Gasteiger partial charge in [-0.15, -0.1) is 23.1 Å². The molecule has 0 bridgehead atoms. The average Bonchev–Trinajstić information content (AvgIpc) is 3.45. The number of amides is 1. The third kappa shape index (κ3) is 8.41. The van der Waals surface area contributed by atoms with E-state index >= 15 is 0 Å². The SMILES string of the molecule is N[C@H](COC(=O)[C@@H](NC(=O)Cc1cccs1)[C@H]1N=C(C(=O)O)C(=CCc2ccc([N+](=O)[O-])cc2[N+](=O)[O-])CS1)C(=O)O. The minimum absolute atomic E-state index is 0.0458. The van der Waals surface area contributed by atoms with Crippen LogP contribution in [0.1, 0.15) is 10.4 Å². The first-order valence-electron chi connectivity index (χ1n) is 11.9. The molecule has 3 rings (SSSR count). The van der Waals surface area contributed by atoms with Crippen LogP contribution in [0.3, 0.4) is 0 Å². The van der Waals surface area contributed by atoms with Crippen molar-refractivity contribution in [3.05, 3.63) is 78.0 Å². The Morgan fingerprint density at radius 1 is 1.19 bits per heavy atom. The van der Waals surface area contributed by atoms with Crippen LogP contribution in [-0.2, 0) is 36.8 Å². The molecule has 1 amide bonds.